The molecule has 0 saturated heterocycles. The van der Waals surface area contributed by atoms with E-state index in [1.54, 1.807) is 29.8 Å². The summed E-state index contributed by atoms with van der Waals surface area (Å²) in [5.74, 6) is 0.425. The van der Waals surface area contributed by atoms with Crippen LogP contribution in [0.2, 0.25) is 0 Å². The van der Waals surface area contributed by atoms with Gasteiger partial charge in [-0.1, -0.05) is 30.1 Å². The third-order valence-corrected chi connectivity index (χ3v) is 11.0. The number of oxime groups is 1. The molecule has 1 aliphatic heterocycles. The molecule has 1 saturated carbocycles. The number of aliphatic hydroxyl groups is 2. The van der Waals surface area contributed by atoms with Crippen LogP contribution in [0.3, 0.4) is 0 Å². The molecule has 6 unspecified atom stereocenters. The first-order valence-corrected chi connectivity index (χ1v) is 19.6. The molecule has 10 nitrogen and oxygen atoms in total. The monoisotopic (exact) mass is 736 g/mol. The summed E-state index contributed by atoms with van der Waals surface area (Å²) in [7, 11) is 3.08. The van der Waals surface area contributed by atoms with Crippen LogP contribution in [0.15, 0.2) is 76.8 Å². The molecule has 0 aromatic heterocycles. The fraction of sp³-hybridized carbons (Fsp3) is 0.561. The van der Waals surface area contributed by atoms with Gasteiger partial charge in [-0.05, 0) is 113 Å². The van der Waals surface area contributed by atoms with Gasteiger partial charge in [-0.2, -0.15) is 0 Å². The van der Waals surface area contributed by atoms with Crippen LogP contribution in [0.25, 0.3) is 0 Å². The van der Waals surface area contributed by atoms with Crippen LogP contribution in [-0.4, -0.2) is 84.6 Å². The van der Waals surface area contributed by atoms with Gasteiger partial charge >= 0.3 is 6.09 Å². The summed E-state index contributed by atoms with van der Waals surface area (Å²) in [4.78, 5) is 22.2. The average molecular weight is 737 g/mol. The van der Waals surface area contributed by atoms with Crippen LogP contribution in [-0.2, 0) is 14.3 Å². The Balaban J connectivity index is 1.75. The molecule has 3 aliphatic rings. The Morgan fingerprint density at radius 3 is 2.40 bits per heavy atom. The van der Waals surface area contributed by atoms with Crippen molar-refractivity contribution in [3.05, 3.63) is 72.3 Å². The standard InChI is InChI=1S/C41H56N2O8S/c1-8-23-48-41-36(43(5)39(46)47-6)26-34(42-51-40(2,3)4)32-24-27(13-9-11-21-44)31(14-10-12-22-45)37(38(32)41)33-25-29(17-20-35(33)50-41)49-28-15-18-30(52-7)19-16-28/h8,15-20,24-25,27,31,36-38,44-45H,1,9-14,21-23,26H2,2-7H3. The van der Waals surface area contributed by atoms with Gasteiger partial charge in [0.05, 0.1) is 25.3 Å². The maximum atomic E-state index is 13.3. The SMILES string of the molecule is C=CCOC12Oc3ccc(Oc4ccc(SC)cc4)cc3C3C(CCCCO)C(CCCCO)C=C(C(=NOC(C)(C)C)CC1N(C)C(=O)OC)C32. The van der Waals surface area contributed by atoms with Gasteiger partial charge in [0.2, 0.25) is 5.79 Å². The summed E-state index contributed by atoms with van der Waals surface area (Å²) in [5, 5.41) is 24.4. The number of benzene rings is 2. The summed E-state index contributed by atoms with van der Waals surface area (Å²) in [6.07, 6.45) is 10.6. The minimum Gasteiger partial charge on any atom is -0.459 e. The lowest BCUT2D eigenvalue weighted by Gasteiger charge is -2.59. The van der Waals surface area contributed by atoms with Crippen molar-refractivity contribution < 1.29 is 38.8 Å². The second-order valence-corrected chi connectivity index (χ2v) is 15.7. The van der Waals surface area contributed by atoms with E-state index in [1.165, 1.54) is 7.11 Å². The number of hydrogen-bond donors (Lipinski definition) is 2. The molecule has 52 heavy (non-hydrogen) atoms. The topological polar surface area (TPSA) is 119 Å². The molecule has 1 amide bonds. The van der Waals surface area contributed by atoms with Crippen molar-refractivity contribution in [2.24, 2.45) is 22.9 Å². The van der Waals surface area contributed by atoms with Crippen LogP contribution in [0.5, 0.6) is 17.2 Å². The number of unbranched alkanes of at least 4 members (excludes halogenated alkanes) is 2. The number of fused-ring (bicyclic) bond motifs is 2. The Labute approximate surface area is 313 Å². The Hall–Kier alpha value is -3.51. The molecule has 2 N–H and O–H groups in total. The number of likely N-dealkylation sites (N-methyl/N-ethyl adjacent to an activating group) is 1. The lowest BCUT2D eigenvalue weighted by molar-refractivity contribution is -0.253. The summed E-state index contributed by atoms with van der Waals surface area (Å²) >= 11 is 1.68. The Morgan fingerprint density at radius 2 is 1.77 bits per heavy atom. The Bertz CT molecular complexity index is 1590. The van der Waals surface area contributed by atoms with Crippen molar-refractivity contribution in [3.63, 3.8) is 0 Å². The number of carbonyl (C=O) groups is 1. The van der Waals surface area contributed by atoms with E-state index in [2.05, 4.69) is 18.7 Å². The van der Waals surface area contributed by atoms with E-state index in [0.717, 1.165) is 53.2 Å². The second kappa shape index (κ2) is 17.5. The molecule has 1 fully saturated rings. The van der Waals surface area contributed by atoms with E-state index >= 15 is 0 Å². The van der Waals surface area contributed by atoms with Gasteiger partial charge in [0.1, 0.15) is 28.9 Å². The van der Waals surface area contributed by atoms with Crippen molar-refractivity contribution in [1.82, 2.24) is 4.90 Å². The first-order chi connectivity index (χ1) is 25.0. The zero-order chi connectivity index (χ0) is 37.5. The number of thioether (sulfide) groups is 1. The maximum Gasteiger partial charge on any atom is 0.409 e. The van der Waals surface area contributed by atoms with E-state index in [-0.39, 0.29) is 37.6 Å². The van der Waals surface area contributed by atoms with Crippen molar-refractivity contribution >= 4 is 23.6 Å². The third-order valence-electron chi connectivity index (χ3n) is 10.3. The minimum absolute atomic E-state index is 0.108. The number of allylic oxidation sites excluding steroid dienone is 1. The van der Waals surface area contributed by atoms with Crippen molar-refractivity contribution in [2.45, 2.75) is 94.0 Å². The van der Waals surface area contributed by atoms with Crippen LogP contribution in [0.1, 0.15) is 77.2 Å². The summed E-state index contributed by atoms with van der Waals surface area (Å²) in [5.41, 5.74) is 2.15. The first-order valence-electron chi connectivity index (χ1n) is 18.4. The highest BCUT2D eigenvalue weighted by atomic mass is 32.2. The number of ether oxygens (including phenoxy) is 4. The molecule has 11 heteroatoms. The van der Waals surface area contributed by atoms with Crippen LogP contribution in [0.4, 0.5) is 4.79 Å². The summed E-state index contributed by atoms with van der Waals surface area (Å²) in [6.45, 7) is 10.3. The highest BCUT2D eigenvalue weighted by Crippen LogP contribution is 2.62. The van der Waals surface area contributed by atoms with E-state index < -0.39 is 29.4 Å². The van der Waals surface area contributed by atoms with Gasteiger partial charge in [0.25, 0.3) is 0 Å². The predicted molar refractivity (Wildman–Crippen MR) is 204 cm³/mol. The van der Waals surface area contributed by atoms with Gasteiger partial charge < -0.3 is 38.9 Å². The number of nitrogens with zero attached hydrogens (tertiary/aromatic N) is 2. The van der Waals surface area contributed by atoms with Gasteiger partial charge in [0, 0.05) is 43.1 Å². The van der Waals surface area contributed by atoms with Crippen LogP contribution < -0.4 is 9.47 Å². The van der Waals surface area contributed by atoms with Crippen molar-refractivity contribution in [2.75, 3.05) is 40.2 Å². The molecule has 5 rings (SSSR count). The van der Waals surface area contributed by atoms with Gasteiger partial charge in [-0.25, -0.2) is 4.79 Å². The molecule has 0 spiro atoms. The van der Waals surface area contributed by atoms with Crippen molar-refractivity contribution in [3.8, 4) is 17.2 Å². The highest BCUT2D eigenvalue weighted by molar-refractivity contribution is 7.98. The maximum absolute atomic E-state index is 13.3. The highest BCUT2D eigenvalue weighted by Gasteiger charge is 2.65. The molecule has 2 aromatic rings. The summed E-state index contributed by atoms with van der Waals surface area (Å²) < 4.78 is 25.7. The Morgan fingerprint density at radius 1 is 1.08 bits per heavy atom. The number of amides is 1. The molecule has 6 atom stereocenters. The van der Waals surface area contributed by atoms with Crippen molar-refractivity contribution in [1.29, 1.82) is 0 Å². The molecule has 0 radical (unpaired) electrons. The van der Waals surface area contributed by atoms with E-state index in [4.69, 9.17) is 28.9 Å². The lowest BCUT2D eigenvalue weighted by atomic mass is 9.55. The number of carbonyl (C=O) groups excluding carboxylic acids is 1. The molecular formula is C41H56N2O8S. The molecule has 2 aliphatic carbocycles. The normalized spacial score (nSPS) is 25.7. The molecular weight excluding hydrogens is 681 g/mol. The third kappa shape index (κ3) is 8.65. The summed E-state index contributed by atoms with van der Waals surface area (Å²) in [6, 6.07) is 13.3. The smallest absolute Gasteiger partial charge is 0.409 e. The largest absolute Gasteiger partial charge is 0.459 e. The van der Waals surface area contributed by atoms with E-state index in [9.17, 15) is 15.0 Å². The molecule has 1 heterocycles. The fourth-order valence-corrected chi connectivity index (χ4v) is 8.44. The molecule has 2 aromatic carbocycles. The fourth-order valence-electron chi connectivity index (χ4n) is 8.03. The Kier molecular flexibility index (Phi) is 13.4. The van der Waals surface area contributed by atoms with Gasteiger partial charge in [0.15, 0.2) is 0 Å². The van der Waals surface area contributed by atoms with Crippen LogP contribution in [0, 0.1) is 17.8 Å². The number of methoxy groups -OCH3 is 1. The van der Waals surface area contributed by atoms with Crippen LogP contribution >= 0.6 is 11.8 Å². The first kappa shape index (κ1) is 39.7. The zero-order valence-electron chi connectivity index (χ0n) is 31.5. The van der Waals surface area contributed by atoms with E-state index in [0.29, 0.717) is 30.8 Å². The number of hydrogen-bond acceptors (Lipinski definition) is 10. The number of rotatable bonds is 16. The van der Waals surface area contributed by atoms with Gasteiger partial charge in [-0.15, -0.1) is 18.3 Å². The zero-order valence-corrected chi connectivity index (χ0v) is 32.3. The molecule has 0 bridgehead atoms. The lowest BCUT2D eigenvalue weighted by Crippen LogP contribution is -2.69. The quantitative estimate of drug-likeness (QED) is 0.0759. The predicted octanol–water partition coefficient (Wildman–Crippen LogP) is 8.33. The van der Waals surface area contributed by atoms with Gasteiger partial charge in [-0.3, -0.25) is 0 Å². The second-order valence-electron chi connectivity index (χ2n) is 14.8. The van der Waals surface area contributed by atoms with E-state index in [1.807, 2.05) is 63.4 Å². The average Bonchev–Trinajstić information content (AvgIpc) is 3.14. The minimum atomic E-state index is -1.33. The molecule has 284 valence electrons. The number of aliphatic hydroxyl groups excluding tert-OH is 2.